The van der Waals surface area contributed by atoms with Crippen LogP contribution < -0.4 is 5.32 Å². The summed E-state index contributed by atoms with van der Waals surface area (Å²) in [5.41, 5.74) is 0. The predicted molar refractivity (Wildman–Crippen MR) is 82.7 cm³/mol. The SMILES string of the molecule is CCOC(=O)C(CC)N1CCC(CNCC(C)C)CC1. The van der Waals surface area contributed by atoms with Crippen LogP contribution in [0.1, 0.15) is 47.0 Å². The summed E-state index contributed by atoms with van der Waals surface area (Å²) in [6.45, 7) is 13.1. The average Bonchev–Trinajstić information content (AvgIpc) is 2.41. The highest BCUT2D eigenvalue weighted by atomic mass is 16.5. The highest BCUT2D eigenvalue weighted by molar-refractivity contribution is 5.75. The Balaban J connectivity index is 2.31. The number of nitrogens with zero attached hydrogens (tertiary/aromatic N) is 1. The molecule has 0 radical (unpaired) electrons. The number of esters is 1. The molecule has 118 valence electrons. The summed E-state index contributed by atoms with van der Waals surface area (Å²) in [6.07, 6.45) is 3.21. The maximum Gasteiger partial charge on any atom is 0.323 e. The third-order valence-corrected chi connectivity index (χ3v) is 4.02. The second kappa shape index (κ2) is 9.35. The lowest BCUT2D eigenvalue weighted by atomic mass is 9.95. The molecule has 0 spiro atoms. The van der Waals surface area contributed by atoms with Gasteiger partial charge in [0, 0.05) is 0 Å². The quantitative estimate of drug-likeness (QED) is 0.694. The number of piperidine rings is 1. The molecule has 0 amide bonds. The summed E-state index contributed by atoms with van der Waals surface area (Å²) in [7, 11) is 0. The Morgan fingerprint density at radius 2 is 1.95 bits per heavy atom. The standard InChI is InChI=1S/C16H32N2O2/c1-5-15(16(19)20-6-2)18-9-7-14(8-10-18)12-17-11-13(3)4/h13-15,17H,5-12H2,1-4H3. The lowest BCUT2D eigenvalue weighted by molar-refractivity contribution is -0.150. The molecule has 1 rings (SSSR count). The zero-order valence-electron chi connectivity index (χ0n) is 13.7. The number of carbonyl (C=O) groups is 1. The van der Waals surface area contributed by atoms with E-state index < -0.39 is 0 Å². The van der Waals surface area contributed by atoms with Crippen LogP contribution in [0.5, 0.6) is 0 Å². The molecule has 20 heavy (non-hydrogen) atoms. The summed E-state index contributed by atoms with van der Waals surface area (Å²) in [5, 5.41) is 3.55. The number of rotatable bonds is 8. The van der Waals surface area contributed by atoms with Crippen LogP contribution in [0.25, 0.3) is 0 Å². The van der Waals surface area contributed by atoms with Crippen molar-refractivity contribution in [1.82, 2.24) is 10.2 Å². The molecule has 0 aromatic carbocycles. The van der Waals surface area contributed by atoms with E-state index >= 15 is 0 Å². The van der Waals surface area contributed by atoms with E-state index in [-0.39, 0.29) is 12.0 Å². The number of ether oxygens (including phenoxy) is 1. The van der Waals surface area contributed by atoms with Crippen molar-refractivity contribution in [3.63, 3.8) is 0 Å². The third-order valence-electron chi connectivity index (χ3n) is 4.02. The molecule has 0 aliphatic carbocycles. The zero-order chi connectivity index (χ0) is 15.0. The molecule has 0 bridgehead atoms. The van der Waals surface area contributed by atoms with Gasteiger partial charge in [0.25, 0.3) is 0 Å². The first-order valence-electron chi connectivity index (χ1n) is 8.19. The molecule has 0 saturated carbocycles. The molecule has 0 aromatic heterocycles. The van der Waals surface area contributed by atoms with Gasteiger partial charge in [-0.05, 0) is 64.2 Å². The van der Waals surface area contributed by atoms with Crippen molar-refractivity contribution in [1.29, 1.82) is 0 Å². The van der Waals surface area contributed by atoms with E-state index in [4.69, 9.17) is 4.74 Å². The maximum absolute atomic E-state index is 11.9. The molecule has 4 heteroatoms. The smallest absolute Gasteiger partial charge is 0.323 e. The monoisotopic (exact) mass is 284 g/mol. The van der Waals surface area contributed by atoms with Gasteiger partial charge in [-0.15, -0.1) is 0 Å². The summed E-state index contributed by atoms with van der Waals surface area (Å²) >= 11 is 0. The zero-order valence-corrected chi connectivity index (χ0v) is 13.7. The Kier molecular flexibility index (Phi) is 8.15. The predicted octanol–water partition coefficient (Wildman–Crippen LogP) is 2.29. The Bertz CT molecular complexity index is 274. The van der Waals surface area contributed by atoms with Crippen LogP contribution in [0.3, 0.4) is 0 Å². The molecule has 1 aliphatic rings. The molecule has 1 unspecified atom stereocenters. The summed E-state index contributed by atoms with van der Waals surface area (Å²) in [4.78, 5) is 14.2. The van der Waals surface area contributed by atoms with Crippen LogP contribution in [-0.4, -0.2) is 49.7 Å². The van der Waals surface area contributed by atoms with Gasteiger partial charge in [0.1, 0.15) is 6.04 Å². The van der Waals surface area contributed by atoms with Crippen LogP contribution in [0.4, 0.5) is 0 Å². The van der Waals surface area contributed by atoms with E-state index in [1.54, 1.807) is 0 Å². The van der Waals surface area contributed by atoms with Gasteiger partial charge in [-0.25, -0.2) is 0 Å². The van der Waals surface area contributed by atoms with Crippen LogP contribution in [0, 0.1) is 11.8 Å². The second-order valence-corrected chi connectivity index (χ2v) is 6.21. The van der Waals surface area contributed by atoms with Crippen molar-refractivity contribution >= 4 is 5.97 Å². The van der Waals surface area contributed by atoms with Gasteiger partial charge in [0.15, 0.2) is 0 Å². The van der Waals surface area contributed by atoms with Gasteiger partial charge >= 0.3 is 5.97 Å². The number of hydrogen-bond donors (Lipinski definition) is 1. The number of nitrogens with one attached hydrogen (secondary N) is 1. The van der Waals surface area contributed by atoms with Crippen molar-refractivity contribution in [3.8, 4) is 0 Å². The first-order chi connectivity index (χ1) is 9.58. The topological polar surface area (TPSA) is 41.6 Å². The minimum atomic E-state index is -0.0496. The van der Waals surface area contributed by atoms with Crippen LogP contribution in [-0.2, 0) is 9.53 Å². The largest absolute Gasteiger partial charge is 0.465 e. The van der Waals surface area contributed by atoms with Gasteiger partial charge in [-0.2, -0.15) is 0 Å². The molecule has 1 heterocycles. The molecule has 4 nitrogen and oxygen atoms in total. The number of hydrogen-bond acceptors (Lipinski definition) is 4. The molecule has 1 atom stereocenters. The highest BCUT2D eigenvalue weighted by Crippen LogP contribution is 2.20. The minimum absolute atomic E-state index is 0.0421. The summed E-state index contributed by atoms with van der Waals surface area (Å²) in [6, 6.07) is -0.0421. The van der Waals surface area contributed by atoms with Gasteiger partial charge in [0.05, 0.1) is 6.61 Å². The second-order valence-electron chi connectivity index (χ2n) is 6.21. The Labute approximate surface area is 124 Å². The molecule has 1 saturated heterocycles. The van der Waals surface area contributed by atoms with Crippen LogP contribution in [0.2, 0.25) is 0 Å². The van der Waals surface area contributed by atoms with E-state index in [9.17, 15) is 4.79 Å². The summed E-state index contributed by atoms with van der Waals surface area (Å²) in [5.74, 6) is 1.42. The van der Waals surface area contributed by atoms with Crippen molar-refractivity contribution in [2.75, 3.05) is 32.8 Å². The fourth-order valence-corrected chi connectivity index (χ4v) is 2.86. The fourth-order valence-electron chi connectivity index (χ4n) is 2.86. The van der Waals surface area contributed by atoms with Crippen molar-refractivity contribution in [2.45, 2.75) is 53.0 Å². The van der Waals surface area contributed by atoms with Gasteiger partial charge in [-0.1, -0.05) is 20.8 Å². The molecule has 1 N–H and O–H groups in total. The lowest BCUT2D eigenvalue weighted by Gasteiger charge is -2.36. The Morgan fingerprint density at radius 3 is 2.45 bits per heavy atom. The number of likely N-dealkylation sites (tertiary alicyclic amines) is 1. The van der Waals surface area contributed by atoms with E-state index in [2.05, 4.69) is 31.0 Å². The van der Waals surface area contributed by atoms with Crippen molar-refractivity contribution in [3.05, 3.63) is 0 Å². The minimum Gasteiger partial charge on any atom is -0.465 e. The van der Waals surface area contributed by atoms with Gasteiger partial charge in [-0.3, -0.25) is 9.69 Å². The van der Waals surface area contributed by atoms with Crippen LogP contribution in [0.15, 0.2) is 0 Å². The van der Waals surface area contributed by atoms with E-state index in [1.807, 2.05) is 6.92 Å². The first-order valence-corrected chi connectivity index (χ1v) is 8.19. The number of carbonyl (C=O) groups excluding carboxylic acids is 1. The first kappa shape index (κ1) is 17.4. The molecular weight excluding hydrogens is 252 g/mol. The molecule has 0 aromatic rings. The van der Waals surface area contributed by atoms with Gasteiger partial charge < -0.3 is 10.1 Å². The van der Waals surface area contributed by atoms with E-state index in [0.717, 1.165) is 38.5 Å². The van der Waals surface area contributed by atoms with Crippen LogP contribution >= 0.6 is 0 Å². The Hall–Kier alpha value is -0.610. The fraction of sp³-hybridized carbons (Fsp3) is 0.938. The van der Waals surface area contributed by atoms with E-state index in [1.165, 1.54) is 12.8 Å². The van der Waals surface area contributed by atoms with Crippen molar-refractivity contribution < 1.29 is 9.53 Å². The van der Waals surface area contributed by atoms with Crippen molar-refractivity contribution in [2.24, 2.45) is 11.8 Å². The average molecular weight is 284 g/mol. The van der Waals surface area contributed by atoms with E-state index in [0.29, 0.717) is 12.5 Å². The molecule has 1 aliphatic heterocycles. The normalized spacial score (nSPS) is 19.2. The summed E-state index contributed by atoms with van der Waals surface area (Å²) < 4.78 is 5.17. The Morgan fingerprint density at radius 1 is 1.30 bits per heavy atom. The molecule has 1 fully saturated rings. The third kappa shape index (κ3) is 5.80. The molecular formula is C16H32N2O2. The maximum atomic E-state index is 11.9. The highest BCUT2D eigenvalue weighted by Gasteiger charge is 2.29. The lowest BCUT2D eigenvalue weighted by Crippen LogP contribution is -2.47. The van der Waals surface area contributed by atoms with Gasteiger partial charge in [0.2, 0.25) is 0 Å².